The van der Waals surface area contributed by atoms with Crippen molar-refractivity contribution >= 4 is 41.0 Å². The number of esters is 3. The van der Waals surface area contributed by atoms with Gasteiger partial charge in [-0.2, -0.15) is 0 Å². The van der Waals surface area contributed by atoms with Gasteiger partial charge in [0.15, 0.2) is 18.3 Å². The fourth-order valence-corrected chi connectivity index (χ4v) is 6.16. The van der Waals surface area contributed by atoms with Crippen molar-refractivity contribution in [2.24, 2.45) is 5.92 Å². The molecule has 0 amide bonds. The van der Waals surface area contributed by atoms with Crippen LogP contribution in [0.1, 0.15) is 67.7 Å². The number of fused-ring (bicyclic) bond motifs is 2. The van der Waals surface area contributed by atoms with E-state index >= 15 is 0 Å². The van der Waals surface area contributed by atoms with Gasteiger partial charge in [-0.15, -0.1) is 16.5 Å². The summed E-state index contributed by atoms with van der Waals surface area (Å²) in [7, 11) is 0. The van der Waals surface area contributed by atoms with Crippen LogP contribution in [0.15, 0.2) is 12.2 Å². The summed E-state index contributed by atoms with van der Waals surface area (Å²) in [5, 5.41) is 0. The van der Waals surface area contributed by atoms with Gasteiger partial charge in [-0.05, 0) is 51.7 Å². The summed E-state index contributed by atoms with van der Waals surface area (Å²) >= 11 is -0.00634. The Labute approximate surface area is 215 Å². The third-order valence-electron chi connectivity index (χ3n) is 5.64. The SMILES string of the molecule is CC(=O)O[C@@H]1[C@H](OC(C)=O)[C@@H](OC(C)=O)[C@@H]2O[C@@H]1[C@H](N[S@+]([O-])C(C)(C)C)C(C)/C=C/CCCCS2. The predicted molar refractivity (Wildman–Crippen MR) is 135 cm³/mol. The molecule has 1 N–H and O–H groups in total. The molecule has 0 aromatic carbocycles. The van der Waals surface area contributed by atoms with Crippen LogP contribution in [0.25, 0.3) is 0 Å². The number of carbonyl (C=O) groups is 3. The lowest BCUT2D eigenvalue weighted by Gasteiger charge is -2.47. The number of ether oxygens (including phenoxy) is 4. The maximum absolute atomic E-state index is 13.2. The van der Waals surface area contributed by atoms with Crippen LogP contribution in [0.2, 0.25) is 0 Å². The standard InChI is InChI=1S/C24H39NO8S2/c1-14-12-10-8-9-11-13-34-23-22(32-17(4)28)21(31-16(3)27)20(30-15(2)26)19(33-23)18(14)25-35(29)24(5,6)7/h10,12,14,18-23,25H,8-9,11,13H2,1-7H3/b12-10+/t14?,18-,19-,20+,21+,22-,23-,35-/m1/s1. The lowest BCUT2D eigenvalue weighted by Crippen LogP contribution is -2.66. The molecule has 2 heterocycles. The zero-order chi connectivity index (χ0) is 26.3. The van der Waals surface area contributed by atoms with Gasteiger partial charge in [-0.25, -0.2) is 0 Å². The largest absolute Gasteiger partial charge is 0.598 e. The summed E-state index contributed by atoms with van der Waals surface area (Å²) in [6.07, 6.45) is 2.91. The van der Waals surface area contributed by atoms with E-state index in [4.69, 9.17) is 18.9 Å². The van der Waals surface area contributed by atoms with Crippen molar-refractivity contribution in [2.45, 2.75) is 108 Å². The van der Waals surface area contributed by atoms with Gasteiger partial charge in [-0.3, -0.25) is 14.4 Å². The minimum atomic E-state index is -1.47. The molecule has 11 heteroatoms. The second-order valence-corrected chi connectivity index (χ2v) is 13.1. The smallest absolute Gasteiger partial charge is 0.303 e. The highest BCUT2D eigenvalue weighted by Gasteiger charge is 2.55. The maximum Gasteiger partial charge on any atom is 0.303 e. The number of carbonyl (C=O) groups excluding carboxylic acids is 3. The van der Waals surface area contributed by atoms with Crippen molar-refractivity contribution in [1.82, 2.24) is 4.72 Å². The molecule has 0 aliphatic carbocycles. The molecule has 1 unspecified atom stereocenters. The summed E-state index contributed by atoms with van der Waals surface area (Å²) in [6.45, 7) is 11.3. The summed E-state index contributed by atoms with van der Waals surface area (Å²) < 4.78 is 39.1. The molecule has 2 bridgehead atoms. The number of nitrogens with one attached hydrogen (secondary N) is 1. The topological polar surface area (TPSA) is 123 Å². The van der Waals surface area contributed by atoms with E-state index < -0.39 is 69.9 Å². The van der Waals surface area contributed by atoms with Crippen LogP contribution in [0, 0.1) is 5.92 Å². The maximum atomic E-state index is 13.2. The van der Waals surface area contributed by atoms with Crippen LogP contribution in [0.5, 0.6) is 0 Å². The molecule has 35 heavy (non-hydrogen) atoms. The van der Waals surface area contributed by atoms with Crippen LogP contribution in [0.4, 0.5) is 0 Å². The van der Waals surface area contributed by atoms with Crippen molar-refractivity contribution in [1.29, 1.82) is 0 Å². The van der Waals surface area contributed by atoms with Gasteiger partial charge in [-0.1, -0.05) is 19.1 Å². The van der Waals surface area contributed by atoms with Crippen molar-refractivity contribution < 1.29 is 37.9 Å². The minimum Gasteiger partial charge on any atom is -0.598 e. The Hall–Kier alpha value is -1.27. The molecule has 200 valence electrons. The van der Waals surface area contributed by atoms with E-state index in [0.717, 1.165) is 25.0 Å². The highest BCUT2D eigenvalue weighted by Crippen LogP contribution is 2.37. The third kappa shape index (κ3) is 8.96. The predicted octanol–water partition coefficient (Wildman–Crippen LogP) is 3.04. The van der Waals surface area contributed by atoms with Crippen LogP contribution >= 0.6 is 11.8 Å². The first-order valence-corrected chi connectivity index (χ1v) is 14.1. The molecule has 0 aromatic rings. The van der Waals surface area contributed by atoms with E-state index in [1.807, 2.05) is 33.8 Å². The summed E-state index contributed by atoms with van der Waals surface area (Å²) in [6, 6.07) is -0.561. The van der Waals surface area contributed by atoms with Crippen molar-refractivity contribution in [3.05, 3.63) is 12.2 Å². The Morgan fingerprint density at radius 1 is 1.00 bits per heavy atom. The molecule has 2 rings (SSSR count). The quantitative estimate of drug-likeness (QED) is 0.244. The van der Waals surface area contributed by atoms with Crippen LogP contribution < -0.4 is 4.72 Å². The van der Waals surface area contributed by atoms with Crippen LogP contribution in [-0.4, -0.2) is 68.9 Å². The molecule has 0 saturated carbocycles. The van der Waals surface area contributed by atoms with Gasteiger partial charge in [0.2, 0.25) is 0 Å². The van der Waals surface area contributed by atoms with Crippen molar-refractivity contribution in [3.63, 3.8) is 0 Å². The van der Waals surface area contributed by atoms with E-state index in [9.17, 15) is 18.9 Å². The minimum absolute atomic E-state index is 0.169. The fraction of sp³-hybridized carbons (Fsp3) is 0.792. The van der Waals surface area contributed by atoms with E-state index in [2.05, 4.69) is 10.8 Å². The van der Waals surface area contributed by atoms with Crippen LogP contribution in [0.3, 0.4) is 0 Å². The molecular weight excluding hydrogens is 494 g/mol. The highest BCUT2D eigenvalue weighted by molar-refractivity contribution is 7.99. The second kappa shape index (κ2) is 13.3. The molecule has 1 fully saturated rings. The molecule has 0 spiro atoms. The van der Waals surface area contributed by atoms with Gasteiger partial charge in [0, 0.05) is 32.1 Å². The zero-order valence-corrected chi connectivity index (χ0v) is 23.2. The van der Waals surface area contributed by atoms with E-state index in [-0.39, 0.29) is 5.92 Å². The number of hydrogen-bond acceptors (Lipinski definition) is 10. The zero-order valence-electron chi connectivity index (χ0n) is 21.6. The molecule has 1 saturated heterocycles. The summed E-state index contributed by atoms with van der Waals surface area (Å²) in [4.78, 5) is 36.2. The molecule has 2 aliphatic heterocycles. The van der Waals surface area contributed by atoms with E-state index in [1.54, 1.807) is 0 Å². The van der Waals surface area contributed by atoms with E-state index in [1.165, 1.54) is 32.5 Å². The summed E-state index contributed by atoms with van der Waals surface area (Å²) in [5.41, 5.74) is -0.678. The Bertz CT molecular complexity index is 771. The molecule has 0 aromatic heterocycles. The Balaban J connectivity index is 2.61. The van der Waals surface area contributed by atoms with Crippen LogP contribution in [-0.2, 0) is 44.7 Å². The Morgan fingerprint density at radius 2 is 1.57 bits per heavy atom. The van der Waals surface area contributed by atoms with Gasteiger partial charge in [0.05, 0.1) is 6.04 Å². The summed E-state index contributed by atoms with van der Waals surface area (Å²) in [5.74, 6) is -1.21. The number of rotatable bonds is 5. The van der Waals surface area contributed by atoms with Gasteiger partial charge >= 0.3 is 17.9 Å². The monoisotopic (exact) mass is 533 g/mol. The highest BCUT2D eigenvalue weighted by atomic mass is 32.2. The number of thioether (sulfide) groups is 1. The Morgan fingerprint density at radius 3 is 2.14 bits per heavy atom. The van der Waals surface area contributed by atoms with Crippen molar-refractivity contribution in [2.75, 3.05) is 5.75 Å². The van der Waals surface area contributed by atoms with Gasteiger partial charge in [0.1, 0.15) is 16.3 Å². The lowest BCUT2D eigenvalue weighted by molar-refractivity contribution is -0.236. The molecule has 8 atom stereocenters. The van der Waals surface area contributed by atoms with E-state index in [0.29, 0.717) is 0 Å². The normalized spacial score (nSPS) is 33.9. The average Bonchev–Trinajstić information content (AvgIpc) is 2.72. The average molecular weight is 534 g/mol. The first-order chi connectivity index (χ1) is 16.3. The van der Waals surface area contributed by atoms with Gasteiger partial charge < -0.3 is 23.5 Å². The molecular formula is C24H39NO8S2. The molecule has 0 radical (unpaired) electrons. The van der Waals surface area contributed by atoms with Crippen molar-refractivity contribution in [3.8, 4) is 0 Å². The molecule has 2 aliphatic rings. The number of allylic oxidation sites excluding steroid dienone is 1. The lowest BCUT2D eigenvalue weighted by atomic mass is 9.88. The second-order valence-electron chi connectivity index (χ2n) is 9.87. The first kappa shape index (κ1) is 30.0. The molecule has 9 nitrogen and oxygen atoms in total. The Kier molecular flexibility index (Phi) is 11.4. The first-order valence-electron chi connectivity index (χ1n) is 11.9. The third-order valence-corrected chi connectivity index (χ3v) is 8.47. The fourth-order valence-electron chi connectivity index (χ4n) is 4.00. The number of hydrogen-bond donors (Lipinski definition) is 1. The van der Waals surface area contributed by atoms with Gasteiger partial charge in [0.25, 0.3) is 0 Å².